The molecule has 2 aromatic rings. The summed E-state index contributed by atoms with van der Waals surface area (Å²) < 4.78 is 44.6. The van der Waals surface area contributed by atoms with Crippen molar-refractivity contribution in [3.8, 4) is 11.5 Å². The Morgan fingerprint density at radius 1 is 0.808 bits per heavy atom. The first-order valence-electron chi connectivity index (χ1n) is 8.44. The van der Waals surface area contributed by atoms with Crippen molar-refractivity contribution in [1.82, 2.24) is 0 Å². The standard InChI is InChI=1S/C20H21BF2O3/c1-19(2)20(3,4)26-21(25-19)17(18(22)23)14-10-12-16(13-11-14)24-15-8-6-5-7-9-15/h5-13H,1-4H3. The second kappa shape index (κ2) is 6.85. The fourth-order valence-electron chi connectivity index (χ4n) is 2.62. The maximum absolute atomic E-state index is 13.7. The van der Waals surface area contributed by atoms with Crippen molar-refractivity contribution in [2.75, 3.05) is 0 Å². The lowest BCUT2D eigenvalue weighted by Crippen LogP contribution is -2.41. The van der Waals surface area contributed by atoms with E-state index in [9.17, 15) is 8.78 Å². The van der Waals surface area contributed by atoms with Crippen LogP contribution in [0.25, 0.3) is 5.47 Å². The summed E-state index contributed by atoms with van der Waals surface area (Å²) in [5.41, 5.74) is -1.29. The Hall–Kier alpha value is -2.18. The fraction of sp³-hybridized carbons (Fsp3) is 0.300. The molecule has 1 saturated heterocycles. The molecule has 3 rings (SSSR count). The van der Waals surface area contributed by atoms with Crippen LogP contribution in [0.5, 0.6) is 11.5 Å². The van der Waals surface area contributed by atoms with Crippen molar-refractivity contribution in [1.29, 1.82) is 0 Å². The van der Waals surface area contributed by atoms with Gasteiger partial charge >= 0.3 is 7.12 Å². The van der Waals surface area contributed by atoms with Crippen LogP contribution in [0.1, 0.15) is 33.3 Å². The maximum atomic E-state index is 13.7. The van der Waals surface area contributed by atoms with Crippen molar-refractivity contribution < 1.29 is 22.8 Å². The Morgan fingerprint density at radius 2 is 1.31 bits per heavy atom. The number of rotatable bonds is 4. The Balaban J connectivity index is 1.83. The predicted octanol–water partition coefficient (Wildman–Crippen LogP) is 5.72. The molecule has 0 unspecified atom stereocenters. The molecule has 136 valence electrons. The number of hydrogen-bond acceptors (Lipinski definition) is 3. The van der Waals surface area contributed by atoms with E-state index < -0.39 is 24.4 Å². The van der Waals surface area contributed by atoms with Gasteiger partial charge in [-0.05, 0) is 57.5 Å². The van der Waals surface area contributed by atoms with Gasteiger partial charge in [-0.25, -0.2) is 0 Å². The Morgan fingerprint density at radius 3 is 1.81 bits per heavy atom. The van der Waals surface area contributed by atoms with Crippen molar-refractivity contribution in [3.63, 3.8) is 0 Å². The average molecular weight is 358 g/mol. The van der Waals surface area contributed by atoms with Gasteiger partial charge in [0.1, 0.15) is 11.5 Å². The first kappa shape index (κ1) is 18.6. The van der Waals surface area contributed by atoms with Crippen LogP contribution in [-0.4, -0.2) is 18.3 Å². The third-order valence-electron chi connectivity index (χ3n) is 4.84. The average Bonchev–Trinajstić information content (AvgIpc) is 2.77. The zero-order valence-corrected chi connectivity index (χ0v) is 15.3. The third kappa shape index (κ3) is 3.66. The van der Waals surface area contributed by atoms with Crippen LogP contribution < -0.4 is 4.74 Å². The summed E-state index contributed by atoms with van der Waals surface area (Å²) in [5.74, 6) is 1.24. The molecule has 0 atom stereocenters. The second-order valence-corrected chi connectivity index (χ2v) is 7.20. The third-order valence-corrected chi connectivity index (χ3v) is 4.84. The highest BCUT2D eigenvalue weighted by molar-refractivity contribution is 6.69. The van der Waals surface area contributed by atoms with Gasteiger partial charge in [0.05, 0.1) is 16.7 Å². The summed E-state index contributed by atoms with van der Waals surface area (Å²) in [7, 11) is -1.12. The van der Waals surface area contributed by atoms with Crippen molar-refractivity contribution in [3.05, 3.63) is 66.2 Å². The summed E-state index contributed by atoms with van der Waals surface area (Å²) >= 11 is 0. The largest absolute Gasteiger partial charge is 0.501 e. The van der Waals surface area contributed by atoms with E-state index in [0.29, 0.717) is 17.1 Å². The summed E-state index contributed by atoms with van der Waals surface area (Å²) in [4.78, 5) is 0. The van der Waals surface area contributed by atoms with E-state index in [1.54, 1.807) is 24.3 Å². The van der Waals surface area contributed by atoms with Crippen molar-refractivity contribution in [2.24, 2.45) is 0 Å². The van der Waals surface area contributed by atoms with E-state index in [-0.39, 0.29) is 5.47 Å². The zero-order chi connectivity index (χ0) is 18.9. The van der Waals surface area contributed by atoms with Gasteiger partial charge in [0, 0.05) is 0 Å². The molecular formula is C20H21BF2O3. The van der Waals surface area contributed by atoms with Gasteiger partial charge in [0.25, 0.3) is 6.08 Å². The summed E-state index contributed by atoms with van der Waals surface area (Å²) in [6.07, 6.45) is -1.82. The van der Waals surface area contributed by atoms with Crippen LogP contribution in [0.2, 0.25) is 0 Å². The van der Waals surface area contributed by atoms with E-state index in [1.165, 1.54) is 0 Å². The van der Waals surface area contributed by atoms with Gasteiger partial charge in [0.2, 0.25) is 0 Å². The van der Waals surface area contributed by atoms with Gasteiger partial charge in [-0.15, -0.1) is 0 Å². The van der Waals surface area contributed by atoms with Crippen molar-refractivity contribution >= 4 is 12.6 Å². The molecular weight excluding hydrogens is 337 g/mol. The molecule has 0 aliphatic carbocycles. The Kier molecular flexibility index (Phi) is 4.91. The first-order valence-corrected chi connectivity index (χ1v) is 8.44. The van der Waals surface area contributed by atoms with E-state index >= 15 is 0 Å². The van der Waals surface area contributed by atoms with E-state index in [2.05, 4.69) is 0 Å². The summed E-state index contributed by atoms with van der Waals surface area (Å²) in [6.45, 7) is 7.32. The predicted molar refractivity (Wildman–Crippen MR) is 98.2 cm³/mol. The van der Waals surface area contributed by atoms with E-state index in [0.717, 1.165) is 0 Å². The van der Waals surface area contributed by atoms with Gasteiger partial charge in [-0.1, -0.05) is 30.3 Å². The molecule has 1 aliphatic rings. The lowest BCUT2D eigenvalue weighted by atomic mass is 9.74. The molecule has 0 amide bonds. The van der Waals surface area contributed by atoms with Crippen LogP contribution in [0.3, 0.4) is 0 Å². The molecule has 0 bridgehead atoms. The molecule has 3 nitrogen and oxygen atoms in total. The van der Waals surface area contributed by atoms with Gasteiger partial charge < -0.3 is 14.0 Å². The molecule has 2 aromatic carbocycles. The Bertz CT molecular complexity index is 782. The van der Waals surface area contributed by atoms with Gasteiger partial charge in [0.15, 0.2) is 0 Å². The monoisotopic (exact) mass is 358 g/mol. The molecule has 1 fully saturated rings. The number of halogens is 2. The number of ether oxygens (including phenoxy) is 1. The normalized spacial score (nSPS) is 17.8. The lowest BCUT2D eigenvalue weighted by molar-refractivity contribution is 0.00578. The van der Waals surface area contributed by atoms with Crippen LogP contribution in [0.4, 0.5) is 8.78 Å². The van der Waals surface area contributed by atoms with Crippen LogP contribution >= 0.6 is 0 Å². The number of hydrogen-bond donors (Lipinski definition) is 0. The van der Waals surface area contributed by atoms with Crippen molar-refractivity contribution in [2.45, 2.75) is 38.9 Å². The summed E-state index contributed by atoms with van der Waals surface area (Å²) in [5, 5.41) is 0. The minimum absolute atomic E-state index is 0.255. The molecule has 0 spiro atoms. The quantitative estimate of drug-likeness (QED) is 0.655. The topological polar surface area (TPSA) is 27.7 Å². The lowest BCUT2D eigenvalue weighted by Gasteiger charge is -2.32. The molecule has 0 aromatic heterocycles. The highest BCUT2D eigenvalue weighted by Crippen LogP contribution is 2.41. The van der Waals surface area contributed by atoms with E-state index in [1.807, 2.05) is 58.0 Å². The first-order chi connectivity index (χ1) is 12.2. The summed E-state index contributed by atoms with van der Waals surface area (Å²) in [6, 6.07) is 15.7. The smallest absolute Gasteiger partial charge is 0.457 e. The molecule has 0 N–H and O–H groups in total. The molecule has 26 heavy (non-hydrogen) atoms. The van der Waals surface area contributed by atoms with Crippen LogP contribution in [0.15, 0.2) is 60.7 Å². The minimum atomic E-state index is -1.82. The fourth-order valence-corrected chi connectivity index (χ4v) is 2.62. The molecule has 1 aliphatic heterocycles. The highest BCUT2D eigenvalue weighted by atomic mass is 19.3. The Labute approximate surface area is 152 Å². The van der Waals surface area contributed by atoms with Gasteiger partial charge in [-0.3, -0.25) is 0 Å². The van der Waals surface area contributed by atoms with Crippen LogP contribution in [0, 0.1) is 0 Å². The second-order valence-electron chi connectivity index (χ2n) is 7.20. The van der Waals surface area contributed by atoms with E-state index in [4.69, 9.17) is 14.0 Å². The van der Waals surface area contributed by atoms with Gasteiger partial charge in [-0.2, -0.15) is 8.78 Å². The molecule has 6 heteroatoms. The molecule has 0 saturated carbocycles. The minimum Gasteiger partial charge on any atom is -0.457 e. The highest BCUT2D eigenvalue weighted by Gasteiger charge is 2.53. The zero-order valence-electron chi connectivity index (χ0n) is 15.3. The molecule has 1 heterocycles. The van der Waals surface area contributed by atoms with Crippen LogP contribution in [-0.2, 0) is 9.31 Å². The SMILES string of the molecule is CC1(C)OB(C(=C(F)F)c2ccc(Oc3ccccc3)cc2)OC1(C)C. The number of para-hydroxylation sites is 1. The maximum Gasteiger partial charge on any atom is 0.501 e. The number of benzene rings is 2. The molecule has 0 radical (unpaired) electrons.